The number of rotatable bonds is 3. The molecule has 0 bridgehead atoms. The summed E-state index contributed by atoms with van der Waals surface area (Å²) in [6, 6.07) is 11.6. The van der Waals surface area contributed by atoms with E-state index in [1.165, 1.54) is 0 Å². The molecule has 0 fully saturated rings. The number of Topliss-reactive ketones (excluding diaryl/α,β-unsaturated/α-hetero) is 1. The van der Waals surface area contributed by atoms with E-state index in [0.717, 1.165) is 17.0 Å². The molecule has 7 nitrogen and oxygen atoms in total. The molecule has 118 valence electrons. The molecule has 1 aromatic carbocycles. The second-order valence-corrected chi connectivity index (χ2v) is 5.11. The van der Waals surface area contributed by atoms with Gasteiger partial charge < -0.3 is 0 Å². The van der Waals surface area contributed by atoms with Crippen molar-refractivity contribution in [2.24, 2.45) is 0 Å². The maximum atomic E-state index is 11.1. The van der Waals surface area contributed by atoms with Gasteiger partial charge in [0.25, 0.3) is 0 Å². The van der Waals surface area contributed by atoms with Crippen molar-refractivity contribution in [3.8, 4) is 11.3 Å². The summed E-state index contributed by atoms with van der Waals surface area (Å²) in [5.74, 6) is 1.42. The number of carbonyl (C=O) groups is 1. The highest BCUT2D eigenvalue weighted by Gasteiger charge is 2.16. The lowest BCUT2D eigenvalue weighted by Crippen LogP contribution is -2.68. The van der Waals surface area contributed by atoms with Crippen molar-refractivity contribution in [2.75, 3.05) is 0 Å². The smallest absolute Gasteiger partial charge is 0.300 e. The molecule has 0 aliphatic carbocycles. The minimum absolute atomic E-state index is 0.0992. The van der Waals surface area contributed by atoms with E-state index in [4.69, 9.17) is 23.1 Å². The predicted octanol–water partition coefficient (Wildman–Crippen LogP) is -1.69. The Bertz CT molecular complexity index is 621. The highest BCUT2D eigenvalue weighted by atomic mass is 35.7. The van der Waals surface area contributed by atoms with Crippen LogP contribution in [-0.2, 0) is 11.2 Å². The summed E-state index contributed by atoms with van der Waals surface area (Å²) in [5, 5.41) is 0. The number of aromatic nitrogens is 1. The zero-order valence-electron chi connectivity index (χ0n) is 11.9. The average molecular weight is 328 g/mol. The monoisotopic (exact) mass is 327 g/mol. The molecular formula is C14H14ClNO6. The number of ketones is 1. The lowest BCUT2D eigenvalue weighted by atomic mass is 10.1. The van der Waals surface area contributed by atoms with Crippen LogP contribution < -0.4 is 18.6 Å². The van der Waals surface area contributed by atoms with Crippen molar-refractivity contribution >= 4 is 5.78 Å². The summed E-state index contributed by atoms with van der Waals surface area (Å²) in [5.41, 5.74) is 1.74. The van der Waals surface area contributed by atoms with Gasteiger partial charge in [-0.3, -0.25) is 4.79 Å². The van der Waals surface area contributed by atoms with Gasteiger partial charge in [0.2, 0.25) is 0 Å². The molecule has 0 radical (unpaired) electrons. The molecule has 0 saturated carbocycles. The molecular weight excluding hydrogens is 314 g/mol. The molecule has 0 aliphatic rings. The van der Waals surface area contributed by atoms with Gasteiger partial charge in [-0.05, 0) is 19.1 Å². The van der Waals surface area contributed by atoms with Gasteiger partial charge in [-0.1, -0.05) is 18.2 Å². The molecule has 0 unspecified atom stereocenters. The van der Waals surface area contributed by atoms with Gasteiger partial charge in [-0.2, -0.15) is 9.40 Å². The Balaban J connectivity index is 0.000000422. The highest BCUT2D eigenvalue weighted by Crippen LogP contribution is 2.20. The standard InChI is InChI=1S/C14H14NO2.ClHO4/c1-10(16)8-13-9-14(17-11(2)15-13)12-6-4-3-5-7-12;2-1(3,4)5/h3-7,9H,8H2,1-2H3;(H,2,3,4,5)/q+1;/p-1. The van der Waals surface area contributed by atoms with E-state index in [1.54, 1.807) is 13.8 Å². The van der Waals surface area contributed by atoms with Crippen LogP contribution >= 0.6 is 0 Å². The van der Waals surface area contributed by atoms with Crippen LogP contribution in [0.3, 0.4) is 0 Å². The van der Waals surface area contributed by atoms with Crippen molar-refractivity contribution < 1.29 is 38.1 Å². The van der Waals surface area contributed by atoms with Gasteiger partial charge in [0.15, 0.2) is 0 Å². The summed E-state index contributed by atoms with van der Waals surface area (Å²) in [7, 11) is -4.94. The number of nitrogens with zero attached hydrogens (tertiary/aromatic N) is 1. The lowest BCUT2D eigenvalue weighted by Gasteiger charge is -2.17. The summed E-state index contributed by atoms with van der Waals surface area (Å²) < 4.78 is 39.5. The number of aryl methyl sites for hydroxylation is 1. The Kier molecular flexibility index (Phi) is 6.54. The predicted molar refractivity (Wildman–Crippen MR) is 65.5 cm³/mol. The van der Waals surface area contributed by atoms with Crippen LogP contribution in [0.15, 0.2) is 40.8 Å². The number of carbonyl (C=O) groups excluding carboxylic acids is 1. The Morgan fingerprint density at radius 3 is 2.23 bits per heavy atom. The fourth-order valence-electron chi connectivity index (χ4n) is 1.69. The molecule has 22 heavy (non-hydrogen) atoms. The first-order chi connectivity index (χ1) is 10.1. The van der Waals surface area contributed by atoms with Crippen LogP contribution in [0.25, 0.3) is 11.3 Å². The SMILES string of the molecule is CC(=O)Cc1cc(-c2ccccc2)[o+]c(C)n1.[O-][Cl+3]([O-])([O-])[O-]. The van der Waals surface area contributed by atoms with Crippen molar-refractivity contribution in [2.45, 2.75) is 20.3 Å². The summed E-state index contributed by atoms with van der Waals surface area (Å²) >= 11 is 0. The van der Waals surface area contributed by atoms with Gasteiger partial charge in [-0.25, -0.2) is 18.6 Å². The van der Waals surface area contributed by atoms with Crippen molar-refractivity contribution in [1.82, 2.24) is 4.98 Å². The number of benzene rings is 1. The summed E-state index contributed by atoms with van der Waals surface area (Å²) in [6.07, 6.45) is 0.344. The Hall–Kier alpha value is -1.90. The molecule has 0 saturated heterocycles. The highest BCUT2D eigenvalue weighted by molar-refractivity contribution is 5.78. The first-order valence-electron chi connectivity index (χ1n) is 6.12. The van der Waals surface area contributed by atoms with Crippen LogP contribution in [0, 0.1) is 17.2 Å². The number of hydrogen-bond donors (Lipinski definition) is 0. The van der Waals surface area contributed by atoms with Gasteiger partial charge in [0.1, 0.15) is 5.78 Å². The third-order valence-electron chi connectivity index (χ3n) is 2.34. The van der Waals surface area contributed by atoms with Gasteiger partial charge in [0.05, 0.1) is 24.2 Å². The van der Waals surface area contributed by atoms with E-state index >= 15 is 0 Å². The molecule has 0 N–H and O–H groups in total. The van der Waals surface area contributed by atoms with E-state index in [1.807, 2.05) is 36.4 Å². The summed E-state index contributed by atoms with van der Waals surface area (Å²) in [6.45, 7) is 3.35. The van der Waals surface area contributed by atoms with Crippen molar-refractivity contribution in [1.29, 1.82) is 0 Å². The molecule has 1 aromatic heterocycles. The molecule has 1 heterocycles. The molecule has 0 spiro atoms. The minimum Gasteiger partial charge on any atom is -0.300 e. The lowest BCUT2D eigenvalue weighted by molar-refractivity contribution is -2.00. The topological polar surface area (TPSA) is 134 Å². The fourth-order valence-corrected chi connectivity index (χ4v) is 1.69. The maximum Gasteiger partial charge on any atom is 0.424 e. The second kappa shape index (κ2) is 7.92. The minimum atomic E-state index is -4.94. The van der Waals surface area contributed by atoms with E-state index in [-0.39, 0.29) is 5.78 Å². The Morgan fingerprint density at radius 2 is 1.73 bits per heavy atom. The fraction of sp³-hybridized carbons (Fsp3) is 0.214. The van der Waals surface area contributed by atoms with E-state index in [0.29, 0.717) is 12.3 Å². The zero-order valence-corrected chi connectivity index (χ0v) is 12.7. The van der Waals surface area contributed by atoms with E-state index in [9.17, 15) is 4.79 Å². The maximum absolute atomic E-state index is 11.1. The van der Waals surface area contributed by atoms with Crippen molar-refractivity contribution in [3.63, 3.8) is 0 Å². The molecule has 0 atom stereocenters. The van der Waals surface area contributed by atoms with Crippen LogP contribution in [0.4, 0.5) is 0 Å². The molecule has 0 aliphatic heterocycles. The average Bonchev–Trinajstić information content (AvgIpc) is 2.36. The summed E-state index contributed by atoms with van der Waals surface area (Å²) in [4.78, 5) is 15.3. The van der Waals surface area contributed by atoms with Gasteiger partial charge in [-0.15, -0.1) is 10.2 Å². The largest absolute Gasteiger partial charge is 0.424 e. The zero-order chi connectivity index (χ0) is 16.8. The molecule has 2 rings (SSSR count). The molecule has 8 heteroatoms. The van der Waals surface area contributed by atoms with Gasteiger partial charge in [0, 0.05) is 6.42 Å². The first kappa shape index (κ1) is 18.1. The van der Waals surface area contributed by atoms with E-state index in [2.05, 4.69) is 4.98 Å². The normalized spacial score (nSPS) is 10.6. The molecule has 0 amide bonds. The Morgan fingerprint density at radius 1 is 1.18 bits per heavy atom. The Labute approximate surface area is 129 Å². The van der Waals surface area contributed by atoms with Crippen LogP contribution in [0.2, 0.25) is 0 Å². The van der Waals surface area contributed by atoms with Crippen molar-refractivity contribution in [3.05, 3.63) is 48.0 Å². The third-order valence-corrected chi connectivity index (χ3v) is 2.34. The third kappa shape index (κ3) is 7.77. The number of hydrogen-bond acceptors (Lipinski definition) is 6. The van der Waals surface area contributed by atoms with Crippen LogP contribution in [0.1, 0.15) is 18.5 Å². The quantitative estimate of drug-likeness (QED) is 0.614. The van der Waals surface area contributed by atoms with Crippen LogP contribution in [-0.4, -0.2) is 10.8 Å². The molecule has 2 aromatic rings. The van der Waals surface area contributed by atoms with E-state index < -0.39 is 10.2 Å². The second-order valence-electron chi connectivity index (χ2n) is 4.36. The first-order valence-corrected chi connectivity index (χ1v) is 7.36. The van der Waals surface area contributed by atoms with Gasteiger partial charge >= 0.3 is 11.7 Å². The number of halogens is 1. The van der Waals surface area contributed by atoms with Crippen LogP contribution in [0.5, 0.6) is 0 Å².